The Morgan fingerprint density at radius 2 is 1.92 bits per heavy atom. The molecule has 7 nitrogen and oxygen atoms in total. The average Bonchev–Trinajstić information content (AvgIpc) is 2.26. The largest absolute Gasteiger partial charge is 0.390 e. The normalized spacial score (nSPS) is 37.8. The third-order valence-electron chi connectivity index (χ3n) is 1.78. The first-order valence-electron chi connectivity index (χ1n) is 3.57. The first-order chi connectivity index (χ1) is 5.82. The van der Waals surface area contributed by atoms with Gasteiger partial charge < -0.3 is 29.8 Å². The molecule has 0 aromatic carbocycles. The van der Waals surface area contributed by atoms with Crippen LogP contribution < -0.4 is 0 Å². The molecule has 0 aromatic rings. The van der Waals surface area contributed by atoms with Crippen molar-refractivity contribution >= 4 is 7.60 Å². The zero-order chi connectivity index (χ0) is 10.2. The molecule has 8 heteroatoms. The highest BCUT2D eigenvalue weighted by Crippen LogP contribution is 2.44. The van der Waals surface area contributed by atoms with Gasteiger partial charge in [0.1, 0.15) is 6.10 Å². The standard InChI is InChI=1S/C5H11O7P/c6-2-1-3(7)12-4(2)5(8)13(9,10)11/h2-8H,1H2,(H2,9,10,11)/t2-,3-,4-,5?/m0/s1. The molecule has 0 saturated carbocycles. The molecular formula is C5H11O7P. The van der Waals surface area contributed by atoms with E-state index in [1.807, 2.05) is 0 Å². The molecule has 1 unspecified atom stereocenters. The number of aliphatic hydroxyl groups excluding tert-OH is 3. The van der Waals surface area contributed by atoms with Crippen molar-refractivity contribution in [2.75, 3.05) is 0 Å². The van der Waals surface area contributed by atoms with Crippen LogP contribution in [0.5, 0.6) is 0 Å². The summed E-state index contributed by atoms with van der Waals surface area (Å²) < 4.78 is 15.1. The SMILES string of the molecule is O=P(O)(O)C(O)[C@H]1O[C@H](O)C[C@@H]1O. The summed E-state index contributed by atoms with van der Waals surface area (Å²) in [5.41, 5.74) is 0. The smallest absolute Gasteiger partial charge is 0.356 e. The van der Waals surface area contributed by atoms with Crippen LogP contribution in [0.15, 0.2) is 0 Å². The summed E-state index contributed by atoms with van der Waals surface area (Å²) in [4.78, 5) is 17.1. The average molecular weight is 214 g/mol. The van der Waals surface area contributed by atoms with Gasteiger partial charge in [0.25, 0.3) is 0 Å². The van der Waals surface area contributed by atoms with Gasteiger partial charge in [0.15, 0.2) is 12.1 Å². The van der Waals surface area contributed by atoms with Crippen molar-refractivity contribution in [1.82, 2.24) is 0 Å². The molecule has 4 atom stereocenters. The zero-order valence-corrected chi connectivity index (χ0v) is 7.41. The van der Waals surface area contributed by atoms with Gasteiger partial charge in [-0.2, -0.15) is 0 Å². The molecule has 1 rings (SSSR count). The number of rotatable bonds is 2. The van der Waals surface area contributed by atoms with E-state index >= 15 is 0 Å². The lowest BCUT2D eigenvalue weighted by atomic mass is 10.2. The van der Waals surface area contributed by atoms with E-state index in [9.17, 15) is 4.57 Å². The maximum absolute atomic E-state index is 10.5. The van der Waals surface area contributed by atoms with Crippen molar-refractivity contribution < 1.29 is 34.4 Å². The molecular weight excluding hydrogens is 203 g/mol. The zero-order valence-electron chi connectivity index (χ0n) is 6.52. The van der Waals surface area contributed by atoms with Gasteiger partial charge in [0.05, 0.1) is 6.10 Å². The van der Waals surface area contributed by atoms with E-state index < -0.39 is 31.9 Å². The fraction of sp³-hybridized carbons (Fsp3) is 1.00. The second kappa shape index (κ2) is 3.62. The van der Waals surface area contributed by atoms with E-state index in [1.54, 1.807) is 0 Å². The molecule has 1 saturated heterocycles. The van der Waals surface area contributed by atoms with Crippen LogP contribution in [0, 0.1) is 0 Å². The Hall–Kier alpha value is -0.0100. The highest BCUT2D eigenvalue weighted by Gasteiger charge is 2.45. The minimum absolute atomic E-state index is 0.165. The fourth-order valence-corrected chi connectivity index (χ4v) is 1.78. The lowest BCUT2D eigenvalue weighted by Gasteiger charge is -2.20. The first kappa shape index (κ1) is 11.1. The van der Waals surface area contributed by atoms with Crippen LogP contribution >= 0.6 is 7.60 Å². The van der Waals surface area contributed by atoms with E-state index in [-0.39, 0.29) is 6.42 Å². The van der Waals surface area contributed by atoms with Gasteiger partial charge >= 0.3 is 7.60 Å². The molecule has 0 bridgehead atoms. The van der Waals surface area contributed by atoms with Crippen LogP contribution in [0.1, 0.15) is 6.42 Å². The molecule has 78 valence electrons. The minimum Gasteiger partial charge on any atom is -0.390 e. The fourth-order valence-electron chi connectivity index (χ4n) is 1.13. The van der Waals surface area contributed by atoms with Gasteiger partial charge in [-0.25, -0.2) is 0 Å². The van der Waals surface area contributed by atoms with Crippen LogP contribution in [0.4, 0.5) is 0 Å². The number of aliphatic hydroxyl groups is 3. The maximum atomic E-state index is 10.5. The first-order valence-corrected chi connectivity index (χ1v) is 5.25. The van der Waals surface area contributed by atoms with Crippen LogP contribution in [-0.4, -0.2) is 49.4 Å². The van der Waals surface area contributed by atoms with Crippen LogP contribution in [0.25, 0.3) is 0 Å². The molecule has 0 radical (unpaired) electrons. The van der Waals surface area contributed by atoms with E-state index in [4.69, 9.17) is 25.1 Å². The van der Waals surface area contributed by atoms with Gasteiger partial charge in [-0.3, -0.25) is 4.57 Å². The van der Waals surface area contributed by atoms with E-state index in [1.165, 1.54) is 0 Å². The van der Waals surface area contributed by atoms with Gasteiger partial charge in [-0.05, 0) is 0 Å². The summed E-state index contributed by atoms with van der Waals surface area (Å²) in [5.74, 6) is -2.10. The Labute approximate surface area is 73.7 Å². The van der Waals surface area contributed by atoms with Crippen molar-refractivity contribution in [2.45, 2.75) is 30.8 Å². The molecule has 1 aliphatic heterocycles. The Bertz CT molecular complexity index is 225. The van der Waals surface area contributed by atoms with E-state index in [0.29, 0.717) is 0 Å². The minimum atomic E-state index is -4.71. The predicted molar refractivity (Wildman–Crippen MR) is 39.6 cm³/mol. The topological polar surface area (TPSA) is 127 Å². The van der Waals surface area contributed by atoms with Crippen molar-refractivity contribution in [3.05, 3.63) is 0 Å². The van der Waals surface area contributed by atoms with Crippen LogP contribution in [-0.2, 0) is 9.30 Å². The van der Waals surface area contributed by atoms with Crippen molar-refractivity contribution in [1.29, 1.82) is 0 Å². The molecule has 5 N–H and O–H groups in total. The van der Waals surface area contributed by atoms with Crippen molar-refractivity contribution in [2.24, 2.45) is 0 Å². The molecule has 0 spiro atoms. The maximum Gasteiger partial charge on any atom is 0.356 e. The highest BCUT2D eigenvalue weighted by atomic mass is 31.2. The molecule has 1 fully saturated rings. The molecule has 0 aromatic heterocycles. The Morgan fingerprint density at radius 1 is 1.38 bits per heavy atom. The van der Waals surface area contributed by atoms with Gasteiger partial charge in [0, 0.05) is 6.42 Å². The van der Waals surface area contributed by atoms with Crippen LogP contribution in [0.3, 0.4) is 0 Å². The molecule has 1 heterocycles. The third kappa shape index (κ3) is 2.47. The van der Waals surface area contributed by atoms with Gasteiger partial charge in [0.2, 0.25) is 0 Å². The number of hydrogen-bond donors (Lipinski definition) is 5. The van der Waals surface area contributed by atoms with Gasteiger partial charge in [-0.1, -0.05) is 0 Å². The number of ether oxygens (including phenoxy) is 1. The Balaban J connectivity index is 2.68. The Kier molecular flexibility index (Phi) is 3.09. The Morgan fingerprint density at radius 3 is 2.23 bits per heavy atom. The van der Waals surface area contributed by atoms with Crippen molar-refractivity contribution in [3.8, 4) is 0 Å². The quantitative estimate of drug-likeness (QED) is 0.335. The van der Waals surface area contributed by atoms with Crippen LogP contribution in [0.2, 0.25) is 0 Å². The summed E-state index contributed by atoms with van der Waals surface area (Å²) in [7, 11) is -4.71. The van der Waals surface area contributed by atoms with Crippen molar-refractivity contribution in [3.63, 3.8) is 0 Å². The molecule has 0 aliphatic carbocycles. The summed E-state index contributed by atoms with van der Waals surface area (Å²) in [6, 6.07) is 0. The second-order valence-electron chi connectivity index (χ2n) is 2.86. The summed E-state index contributed by atoms with van der Waals surface area (Å²) in [5, 5.41) is 27.0. The molecule has 1 aliphatic rings. The summed E-state index contributed by atoms with van der Waals surface area (Å²) in [6.45, 7) is 0. The van der Waals surface area contributed by atoms with E-state index in [0.717, 1.165) is 0 Å². The third-order valence-corrected chi connectivity index (χ3v) is 2.76. The lowest BCUT2D eigenvalue weighted by Crippen LogP contribution is -2.34. The highest BCUT2D eigenvalue weighted by molar-refractivity contribution is 7.52. The van der Waals surface area contributed by atoms with E-state index in [2.05, 4.69) is 4.74 Å². The summed E-state index contributed by atoms with van der Waals surface area (Å²) in [6.07, 6.45) is -4.16. The molecule has 13 heavy (non-hydrogen) atoms. The number of hydrogen-bond acceptors (Lipinski definition) is 5. The lowest BCUT2D eigenvalue weighted by molar-refractivity contribution is -0.117. The predicted octanol–water partition coefficient (Wildman–Crippen LogP) is -2.05. The second-order valence-corrected chi connectivity index (χ2v) is 4.57. The monoisotopic (exact) mass is 214 g/mol. The summed E-state index contributed by atoms with van der Waals surface area (Å²) >= 11 is 0. The molecule has 0 amide bonds. The van der Waals surface area contributed by atoms with Gasteiger partial charge in [-0.15, -0.1) is 0 Å².